The molecule has 7 heteroatoms. The smallest absolute Gasteiger partial charge is 0.287 e. The molecule has 2 heterocycles. The number of nitrogens with zero attached hydrogens (tertiary/aromatic N) is 4. The van der Waals surface area contributed by atoms with E-state index in [1.807, 2.05) is 13.0 Å². The zero-order chi connectivity index (χ0) is 15.7. The number of nitro benzene ring substituents is 1. The van der Waals surface area contributed by atoms with Crippen LogP contribution in [0.25, 0.3) is 0 Å². The maximum absolute atomic E-state index is 10.9. The van der Waals surface area contributed by atoms with Gasteiger partial charge in [-0.25, -0.2) is 4.98 Å². The van der Waals surface area contributed by atoms with E-state index in [0.717, 1.165) is 35.8 Å². The van der Waals surface area contributed by atoms with Gasteiger partial charge in [0, 0.05) is 23.7 Å². The van der Waals surface area contributed by atoms with E-state index < -0.39 is 4.92 Å². The molecule has 1 aliphatic rings. The van der Waals surface area contributed by atoms with Gasteiger partial charge in [0.05, 0.1) is 21.7 Å². The highest BCUT2D eigenvalue weighted by Gasteiger charge is 2.29. The fourth-order valence-corrected chi connectivity index (χ4v) is 3.53. The molecule has 1 aromatic heterocycles. The standard InChI is InChI=1S/C15H14N4O2S/c1-10-17-13(9-22-10)15-3-2-6-18(15)12-4-5-14(19(20)21)11(7-12)8-16/h4-5,7,9,15H,2-3,6H2,1H3/t15-/m1/s1. The first kappa shape index (κ1) is 14.5. The van der Waals surface area contributed by atoms with Gasteiger partial charge in [0.2, 0.25) is 0 Å². The number of nitro groups is 1. The van der Waals surface area contributed by atoms with Crippen LogP contribution in [-0.4, -0.2) is 16.5 Å². The number of hydrogen-bond acceptors (Lipinski definition) is 6. The van der Waals surface area contributed by atoms with Gasteiger partial charge < -0.3 is 4.90 Å². The Morgan fingerprint density at radius 2 is 2.36 bits per heavy atom. The number of anilines is 1. The number of benzene rings is 1. The summed E-state index contributed by atoms with van der Waals surface area (Å²) in [7, 11) is 0. The van der Waals surface area contributed by atoms with E-state index >= 15 is 0 Å². The van der Waals surface area contributed by atoms with Crippen molar-refractivity contribution in [3.8, 4) is 6.07 Å². The van der Waals surface area contributed by atoms with Crippen LogP contribution in [0.3, 0.4) is 0 Å². The van der Waals surface area contributed by atoms with E-state index in [1.54, 1.807) is 23.5 Å². The fourth-order valence-electron chi connectivity index (χ4n) is 2.87. The topological polar surface area (TPSA) is 83.1 Å². The van der Waals surface area contributed by atoms with Crippen LogP contribution in [0.1, 0.15) is 35.1 Å². The van der Waals surface area contributed by atoms with E-state index in [1.165, 1.54) is 6.07 Å². The van der Waals surface area contributed by atoms with Gasteiger partial charge in [-0.2, -0.15) is 5.26 Å². The van der Waals surface area contributed by atoms with Crippen molar-refractivity contribution in [1.29, 1.82) is 5.26 Å². The Morgan fingerprint density at radius 1 is 1.55 bits per heavy atom. The number of aromatic nitrogens is 1. The van der Waals surface area contributed by atoms with E-state index in [4.69, 9.17) is 5.26 Å². The molecule has 22 heavy (non-hydrogen) atoms. The molecular weight excluding hydrogens is 300 g/mol. The average molecular weight is 314 g/mol. The molecule has 112 valence electrons. The van der Waals surface area contributed by atoms with Crippen molar-refractivity contribution in [2.24, 2.45) is 0 Å². The number of rotatable bonds is 3. The molecule has 0 aliphatic carbocycles. The SMILES string of the molecule is Cc1nc([C@H]2CCCN2c2ccc([N+](=O)[O-])c(C#N)c2)cs1. The van der Waals surface area contributed by atoms with Gasteiger partial charge >= 0.3 is 0 Å². The Hall–Kier alpha value is -2.46. The molecule has 1 saturated heterocycles. The Morgan fingerprint density at radius 3 is 3.00 bits per heavy atom. The largest absolute Gasteiger partial charge is 0.363 e. The summed E-state index contributed by atoms with van der Waals surface area (Å²) in [6.45, 7) is 2.84. The molecule has 6 nitrogen and oxygen atoms in total. The lowest BCUT2D eigenvalue weighted by Gasteiger charge is -2.25. The van der Waals surface area contributed by atoms with Crippen LogP contribution < -0.4 is 4.90 Å². The summed E-state index contributed by atoms with van der Waals surface area (Å²) in [4.78, 5) is 17.2. The first-order chi connectivity index (χ1) is 10.6. The minimum Gasteiger partial charge on any atom is -0.363 e. The Balaban J connectivity index is 1.96. The molecule has 0 radical (unpaired) electrons. The number of nitriles is 1. The van der Waals surface area contributed by atoms with Gasteiger partial charge in [-0.1, -0.05) is 0 Å². The molecule has 3 rings (SSSR count). The second kappa shape index (κ2) is 5.73. The monoisotopic (exact) mass is 314 g/mol. The summed E-state index contributed by atoms with van der Waals surface area (Å²) in [5.74, 6) is 0. The maximum Gasteiger partial charge on any atom is 0.287 e. The van der Waals surface area contributed by atoms with Crippen LogP contribution in [-0.2, 0) is 0 Å². The van der Waals surface area contributed by atoms with Gasteiger partial charge in [0.25, 0.3) is 5.69 Å². The fraction of sp³-hybridized carbons (Fsp3) is 0.333. The van der Waals surface area contributed by atoms with E-state index in [9.17, 15) is 10.1 Å². The Labute approximate surface area is 131 Å². The van der Waals surface area contributed by atoms with Crippen molar-refractivity contribution in [3.63, 3.8) is 0 Å². The van der Waals surface area contributed by atoms with Crippen molar-refractivity contribution in [3.05, 3.63) is 50.0 Å². The molecule has 0 spiro atoms. The first-order valence-electron chi connectivity index (χ1n) is 6.97. The lowest BCUT2D eigenvalue weighted by molar-refractivity contribution is -0.385. The van der Waals surface area contributed by atoms with Crippen LogP contribution in [0.5, 0.6) is 0 Å². The average Bonchev–Trinajstić information content (AvgIpc) is 3.14. The van der Waals surface area contributed by atoms with Crippen LogP contribution >= 0.6 is 11.3 Å². The molecule has 1 fully saturated rings. The third-order valence-electron chi connectivity index (χ3n) is 3.86. The lowest BCUT2D eigenvalue weighted by atomic mass is 10.1. The molecule has 1 aromatic carbocycles. The summed E-state index contributed by atoms with van der Waals surface area (Å²) >= 11 is 1.62. The van der Waals surface area contributed by atoms with Crippen molar-refractivity contribution < 1.29 is 4.92 Å². The predicted octanol–water partition coefficient (Wildman–Crippen LogP) is 3.57. The number of aryl methyl sites for hydroxylation is 1. The van der Waals surface area contributed by atoms with Crippen molar-refractivity contribution >= 4 is 22.7 Å². The minimum absolute atomic E-state index is 0.0996. The first-order valence-corrected chi connectivity index (χ1v) is 7.85. The van der Waals surface area contributed by atoms with Crippen LogP contribution in [0, 0.1) is 28.4 Å². The number of hydrogen-bond donors (Lipinski definition) is 0. The zero-order valence-electron chi connectivity index (χ0n) is 12.0. The van der Waals surface area contributed by atoms with Crippen LogP contribution in [0.4, 0.5) is 11.4 Å². The maximum atomic E-state index is 10.9. The normalized spacial score (nSPS) is 17.5. The molecule has 0 unspecified atom stereocenters. The van der Waals surface area contributed by atoms with Gasteiger partial charge in [-0.3, -0.25) is 10.1 Å². The molecule has 2 aromatic rings. The highest BCUT2D eigenvalue weighted by atomic mass is 32.1. The lowest BCUT2D eigenvalue weighted by Crippen LogP contribution is -2.22. The highest BCUT2D eigenvalue weighted by molar-refractivity contribution is 7.09. The third kappa shape index (κ3) is 2.53. The minimum atomic E-state index is -0.520. The van der Waals surface area contributed by atoms with E-state index in [2.05, 4.69) is 15.3 Å². The summed E-state index contributed by atoms with van der Waals surface area (Å²) in [5.41, 5.74) is 1.83. The predicted molar refractivity (Wildman–Crippen MR) is 84.0 cm³/mol. The molecule has 0 amide bonds. The molecule has 0 N–H and O–H groups in total. The molecule has 0 bridgehead atoms. The van der Waals surface area contributed by atoms with Crippen molar-refractivity contribution in [1.82, 2.24) is 4.98 Å². The second-order valence-electron chi connectivity index (χ2n) is 5.21. The van der Waals surface area contributed by atoms with E-state index in [0.29, 0.717) is 0 Å². The van der Waals surface area contributed by atoms with Gasteiger partial charge in [0.1, 0.15) is 11.6 Å². The van der Waals surface area contributed by atoms with Gasteiger partial charge in [-0.15, -0.1) is 11.3 Å². The summed E-state index contributed by atoms with van der Waals surface area (Å²) in [6, 6.07) is 6.83. The number of thiazole rings is 1. The molecule has 1 aliphatic heterocycles. The molecular formula is C15H14N4O2S. The summed E-state index contributed by atoms with van der Waals surface area (Å²) in [5, 5.41) is 23.2. The van der Waals surface area contributed by atoms with Gasteiger partial charge in [0.15, 0.2) is 0 Å². The van der Waals surface area contributed by atoms with Crippen molar-refractivity contribution in [2.75, 3.05) is 11.4 Å². The Kier molecular flexibility index (Phi) is 3.77. The quantitative estimate of drug-likeness (QED) is 0.639. The second-order valence-corrected chi connectivity index (χ2v) is 6.28. The van der Waals surface area contributed by atoms with Gasteiger partial charge in [-0.05, 0) is 31.9 Å². The zero-order valence-corrected chi connectivity index (χ0v) is 12.8. The highest BCUT2D eigenvalue weighted by Crippen LogP contribution is 2.37. The van der Waals surface area contributed by atoms with Crippen LogP contribution in [0.2, 0.25) is 0 Å². The van der Waals surface area contributed by atoms with Crippen molar-refractivity contribution in [2.45, 2.75) is 25.8 Å². The summed E-state index contributed by atoms with van der Waals surface area (Å²) in [6.07, 6.45) is 2.04. The molecule has 1 atom stereocenters. The summed E-state index contributed by atoms with van der Waals surface area (Å²) < 4.78 is 0. The third-order valence-corrected chi connectivity index (χ3v) is 4.65. The van der Waals surface area contributed by atoms with E-state index in [-0.39, 0.29) is 17.3 Å². The van der Waals surface area contributed by atoms with Crippen LogP contribution in [0.15, 0.2) is 23.6 Å². The Bertz CT molecular complexity index is 765. The molecule has 0 saturated carbocycles.